The van der Waals surface area contributed by atoms with E-state index in [1.54, 1.807) is 11.3 Å². The number of aromatic nitrogens is 1. The smallest absolute Gasteiger partial charge is 0.104 e. The highest BCUT2D eigenvalue weighted by atomic mass is 32.1. The number of nitrogens with zero attached hydrogens (tertiary/aromatic N) is 1. The van der Waals surface area contributed by atoms with Crippen LogP contribution in [0.25, 0.3) is 10.2 Å². The molecule has 2 nitrogen and oxygen atoms in total. The van der Waals surface area contributed by atoms with Crippen LogP contribution in [-0.4, -0.2) is 4.98 Å². The van der Waals surface area contributed by atoms with Crippen molar-refractivity contribution < 1.29 is 0 Å². The van der Waals surface area contributed by atoms with E-state index in [4.69, 9.17) is 10.7 Å². The van der Waals surface area contributed by atoms with E-state index in [0.29, 0.717) is 0 Å². The average Bonchev–Trinajstić information content (AvgIpc) is 2.85. The summed E-state index contributed by atoms with van der Waals surface area (Å²) >= 11 is 1.78. The molecule has 0 radical (unpaired) electrons. The lowest BCUT2D eigenvalue weighted by Gasteiger charge is -2.22. The number of anilines is 1. The molecule has 0 fully saturated rings. The number of fused-ring (bicyclic) bond motifs is 1. The lowest BCUT2D eigenvalue weighted by Crippen LogP contribution is -2.18. The normalized spacial score (nSPS) is 11.9. The van der Waals surface area contributed by atoms with E-state index in [-0.39, 0.29) is 5.41 Å². The lowest BCUT2D eigenvalue weighted by molar-refractivity contribution is 0.637. The summed E-state index contributed by atoms with van der Waals surface area (Å²) in [6, 6.07) is 14.4. The fourth-order valence-electron chi connectivity index (χ4n) is 2.38. The Labute approximate surface area is 123 Å². The number of nitrogen functional groups attached to an aromatic ring is 1. The van der Waals surface area contributed by atoms with Gasteiger partial charge in [-0.15, -0.1) is 11.3 Å². The molecule has 0 saturated carbocycles. The zero-order valence-electron chi connectivity index (χ0n) is 12.0. The van der Waals surface area contributed by atoms with Gasteiger partial charge in [0.15, 0.2) is 0 Å². The molecule has 2 N–H and O–H groups in total. The third-order valence-electron chi connectivity index (χ3n) is 3.79. The first kappa shape index (κ1) is 13.1. The van der Waals surface area contributed by atoms with Crippen LogP contribution in [0.1, 0.15) is 30.0 Å². The number of thiazole rings is 1. The van der Waals surface area contributed by atoms with Crippen molar-refractivity contribution in [1.82, 2.24) is 4.98 Å². The molecule has 3 aromatic rings. The Morgan fingerprint density at radius 1 is 1.05 bits per heavy atom. The van der Waals surface area contributed by atoms with E-state index >= 15 is 0 Å². The Balaban J connectivity index is 2.13. The predicted octanol–water partition coefficient (Wildman–Crippen LogP) is 4.51. The summed E-state index contributed by atoms with van der Waals surface area (Å²) in [6.45, 7) is 6.54. The Morgan fingerprint density at radius 3 is 2.40 bits per heavy atom. The van der Waals surface area contributed by atoms with Crippen LogP contribution in [-0.2, 0) is 5.41 Å². The molecule has 0 aliphatic rings. The van der Waals surface area contributed by atoms with E-state index < -0.39 is 0 Å². The SMILES string of the molecule is Cc1cccc2sc(C(C)(C)c3ccc(N)cc3)nc12. The summed E-state index contributed by atoms with van der Waals surface area (Å²) in [5.74, 6) is 0. The van der Waals surface area contributed by atoms with Crippen molar-refractivity contribution in [1.29, 1.82) is 0 Å². The summed E-state index contributed by atoms with van der Waals surface area (Å²) in [7, 11) is 0. The predicted molar refractivity (Wildman–Crippen MR) is 87.3 cm³/mol. The number of rotatable bonds is 2. The number of nitrogens with two attached hydrogens (primary N) is 1. The summed E-state index contributed by atoms with van der Waals surface area (Å²) in [5, 5.41) is 1.14. The summed E-state index contributed by atoms with van der Waals surface area (Å²) in [4.78, 5) is 4.87. The maximum absolute atomic E-state index is 5.78. The number of hydrogen-bond acceptors (Lipinski definition) is 3. The van der Waals surface area contributed by atoms with Crippen molar-refractivity contribution in [2.75, 3.05) is 5.73 Å². The summed E-state index contributed by atoms with van der Waals surface area (Å²) in [5.41, 5.74) is 10.1. The molecule has 3 rings (SSSR count). The van der Waals surface area contributed by atoms with Crippen LogP contribution in [0.15, 0.2) is 42.5 Å². The first-order valence-electron chi connectivity index (χ1n) is 6.71. The molecule has 0 spiro atoms. The van der Waals surface area contributed by atoms with Crippen molar-refractivity contribution in [3.63, 3.8) is 0 Å². The largest absolute Gasteiger partial charge is 0.399 e. The van der Waals surface area contributed by atoms with Crippen molar-refractivity contribution >= 4 is 27.2 Å². The van der Waals surface area contributed by atoms with E-state index in [9.17, 15) is 0 Å². The van der Waals surface area contributed by atoms with Crippen LogP contribution < -0.4 is 5.73 Å². The highest BCUT2D eigenvalue weighted by molar-refractivity contribution is 7.18. The minimum Gasteiger partial charge on any atom is -0.399 e. The number of aryl methyl sites for hydroxylation is 1. The van der Waals surface area contributed by atoms with Gasteiger partial charge in [0, 0.05) is 11.1 Å². The molecule has 0 bridgehead atoms. The molecule has 1 heterocycles. The van der Waals surface area contributed by atoms with E-state index in [1.807, 2.05) is 12.1 Å². The minimum absolute atomic E-state index is 0.107. The van der Waals surface area contributed by atoms with Gasteiger partial charge in [-0.1, -0.05) is 24.3 Å². The number of hydrogen-bond donors (Lipinski definition) is 1. The molecule has 0 amide bonds. The second-order valence-corrected chi connectivity index (χ2v) is 6.72. The monoisotopic (exact) mass is 282 g/mol. The maximum Gasteiger partial charge on any atom is 0.104 e. The molecule has 20 heavy (non-hydrogen) atoms. The first-order valence-corrected chi connectivity index (χ1v) is 7.53. The van der Waals surface area contributed by atoms with Gasteiger partial charge >= 0.3 is 0 Å². The molecule has 0 aliphatic carbocycles. The summed E-state index contributed by atoms with van der Waals surface area (Å²) in [6.07, 6.45) is 0. The molecule has 0 unspecified atom stereocenters. The van der Waals surface area contributed by atoms with Crippen molar-refractivity contribution in [3.8, 4) is 0 Å². The van der Waals surface area contributed by atoms with Crippen LogP contribution in [0.5, 0.6) is 0 Å². The van der Waals surface area contributed by atoms with E-state index in [2.05, 4.69) is 51.1 Å². The molecule has 3 heteroatoms. The standard InChI is InChI=1S/C17H18N2S/c1-11-5-4-6-14-15(11)19-16(20-14)17(2,3)12-7-9-13(18)10-8-12/h4-10H,18H2,1-3H3. The number of para-hydroxylation sites is 1. The van der Waals surface area contributed by atoms with Crippen LogP contribution in [0, 0.1) is 6.92 Å². The zero-order chi connectivity index (χ0) is 14.3. The van der Waals surface area contributed by atoms with Gasteiger partial charge in [-0.25, -0.2) is 4.98 Å². The van der Waals surface area contributed by atoms with Gasteiger partial charge in [0.1, 0.15) is 5.01 Å². The molecular formula is C17H18N2S. The van der Waals surface area contributed by atoms with Crippen LogP contribution >= 0.6 is 11.3 Å². The molecule has 0 atom stereocenters. The topological polar surface area (TPSA) is 38.9 Å². The first-order chi connectivity index (χ1) is 9.48. The Bertz CT molecular complexity index is 754. The third kappa shape index (κ3) is 2.08. The van der Waals surface area contributed by atoms with Gasteiger partial charge in [0.25, 0.3) is 0 Å². The highest BCUT2D eigenvalue weighted by Crippen LogP contribution is 2.37. The van der Waals surface area contributed by atoms with Crippen LogP contribution in [0.2, 0.25) is 0 Å². The molecule has 2 aromatic carbocycles. The highest BCUT2D eigenvalue weighted by Gasteiger charge is 2.27. The Morgan fingerprint density at radius 2 is 1.75 bits per heavy atom. The van der Waals surface area contributed by atoms with E-state index in [0.717, 1.165) is 16.2 Å². The van der Waals surface area contributed by atoms with Gasteiger partial charge in [-0.2, -0.15) is 0 Å². The third-order valence-corrected chi connectivity index (χ3v) is 5.13. The van der Waals surface area contributed by atoms with E-state index in [1.165, 1.54) is 15.8 Å². The lowest BCUT2D eigenvalue weighted by atomic mass is 9.85. The Kier molecular flexibility index (Phi) is 3.02. The second kappa shape index (κ2) is 4.60. The van der Waals surface area contributed by atoms with Crippen molar-refractivity contribution in [2.24, 2.45) is 0 Å². The average molecular weight is 282 g/mol. The fraction of sp³-hybridized carbons (Fsp3) is 0.235. The molecule has 1 aromatic heterocycles. The van der Waals surface area contributed by atoms with Gasteiger partial charge < -0.3 is 5.73 Å². The van der Waals surface area contributed by atoms with Gasteiger partial charge in [0.05, 0.1) is 10.2 Å². The zero-order valence-corrected chi connectivity index (χ0v) is 12.8. The Hall–Kier alpha value is -1.87. The summed E-state index contributed by atoms with van der Waals surface area (Å²) < 4.78 is 1.25. The minimum atomic E-state index is -0.107. The maximum atomic E-state index is 5.78. The molecule has 102 valence electrons. The van der Waals surface area contributed by atoms with Gasteiger partial charge in [-0.05, 0) is 50.1 Å². The van der Waals surface area contributed by atoms with Crippen molar-refractivity contribution in [3.05, 3.63) is 58.6 Å². The van der Waals surface area contributed by atoms with Gasteiger partial charge in [-0.3, -0.25) is 0 Å². The number of benzene rings is 2. The quantitative estimate of drug-likeness (QED) is 0.702. The second-order valence-electron chi connectivity index (χ2n) is 5.69. The molecule has 0 saturated heterocycles. The van der Waals surface area contributed by atoms with Crippen LogP contribution in [0.3, 0.4) is 0 Å². The van der Waals surface area contributed by atoms with Crippen LogP contribution in [0.4, 0.5) is 5.69 Å². The molecular weight excluding hydrogens is 264 g/mol. The molecule has 0 aliphatic heterocycles. The fourth-order valence-corrected chi connectivity index (χ4v) is 3.54. The van der Waals surface area contributed by atoms with Gasteiger partial charge in [0.2, 0.25) is 0 Å². The van der Waals surface area contributed by atoms with Crippen molar-refractivity contribution in [2.45, 2.75) is 26.2 Å².